The van der Waals surface area contributed by atoms with Crippen molar-refractivity contribution >= 4 is 17.2 Å². The summed E-state index contributed by atoms with van der Waals surface area (Å²) in [7, 11) is 0. The Kier molecular flexibility index (Phi) is 3.90. The van der Waals surface area contributed by atoms with Crippen molar-refractivity contribution in [3.8, 4) is 0 Å². The van der Waals surface area contributed by atoms with Gasteiger partial charge in [-0.3, -0.25) is 4.79 Å². The molecule has 16 heavy (non-hydrogen) atoms. The number of nitrogens with two attached hydrogens (primary N) is 1. The maximum Gasteiger partial charge on any atom is 0.220 e. The Labute approximate surface area is 99.3 Å². The molecule has 0 spiro atoms. The number of rotatable bonds is 6. The van der Waals surface area contributed by atoms with E-state index in [0.717, 1.165) is 12.1 Å². The number of carbonyl (C=O) groups is 1. The lowest BCUT2D eigenvalue weighted by molar-refractivity contribution is -0.121. The first-order chi connectivity index (χ1) is 7.79. The molecule has 5 heteroatoms. The predicted molar refractivity (Wildman–Crippen MR) is 64.1 cm³/mol. The fourth-order valence-corrected chi connectivity index (χ4v) is 2.34. The van der Waals surface area contributed by atoms with Gasteiger partial charge in [0.15, 0.2) is 0 Å². The number of carbonyl (C=O) groups excluding carboxylic acids is 1. The largest absolute Gasteiger partial charge is 0.352 e. The van der Waals surface area contributed by atoms with Crippen molar-refractivity contribution in [2.45, 2.75) is 31.7 Å². The monoisotopic (exact) mass is 239 g/mol. The molecular weight excluding hydrogens is 222 g/mol. The second-order valence-electron chi connectivity index (χ2n) is 4.23. The van der Waals surface area contributed by atoms with E-state index in [9.17, 15) is 4.79 Å². The molecule has 1 atom stereocenters. The summed E-state index contributed by atoms with van der Waals surface area (Å²) in [6, 6.07) is 0.183. The smallest absolute Gasteiger partial charge is 0.220 e. The fourth-order valence-electron chi connectivity index (χ4n) is 1.75. The Morgan fingerprint density at radius 3 is 3.06 bits per heavy atom. The second-order valence-corrected chi connectivity index (χ2v) is 4.95. The number of hydrogen-bond donors (Lipinski definition) is 2. The van der Waals surface area contributed by atoms with Gasteiger partial charge >= 0.3 is 0 Å². The molecule has 4 nitrogen and oxygen atoms in total. The average Bonchev–Trinajstić information content (AvgIpc) is 3.00. The van der Waals surface area contributed by atoms with Gasteiger partial charge in [-0.25, -0.2) is 4.98 Å². The quantitative estimate of drug-likeness (QED) is 0.776. The van der Waals surface area contributed by atoms with E-state index in [4.69, 9.17) is 5.73 Å². The molecule has 1 aromatic rings. The highest BCUT2D eigenvalue weighted by molar-refractivity contribution is 7.07. The topological polar surface area (TPSA) is 68.0 Å². The summed E-state index contributed by atoms with van der Waals surface area (Å²) in [5.74, 6) is 0.712. The SMILES string of the molecule is NCC(NC(=O)CCc1cscn1)C1CC1. The Morgan fingerprint density at radius 1 is 1.69 bits per heavy atom. The lowest BCUT2D eigenvalue weighted by Gasteiger charge is -2.15. The third-order valence-electron chi connectivity index (χ3n) is 2.88. The first-order valence-corrected chi connectivity index (χ1v) is 6.60. The van der Waals surface area contributed by atoms with E-state index in [1.54, 1.807) is 16.8 Å². The van der Waals surface area contributed by atoms with Crippen LogP contribution in [0.4, 0.5) is 0 Å². The standard InChI is InChI=1S/C11H17N3OS/c12-5-10(8-1-2-8)14-11(15)4-3-9-6-16-7-13-9/h6-8,10H,1-5,12H2,(H,14,15). The zero-order chi connectivity index (χ0) is 11.4. The minimum absolute atomic E-state index is 0.0929. The molecule has 0 saturated heterocycles. The van der Waals surface area contributed by atoms with Crippen LogP contribution in [0.1, 0.15) is 25.0 Å². The minimum atomic E-state index is 0.0929. The van der Waals surface area contributed by atoms with E-state index < -0.39 is 0 Å². The number of aromatic nitrogens is 1. The van der Waals surface area contributed by atoms with Crippen molar-refractivity contribution < 1.29 is 4.79 Å². The molecule has 1 aromatic heterocycles. The van der Waals surface area contributed by atoms with Crippen molar-refractivity contribution in [3.05, 3.63) is 16.6 Å². The van der Waals surface area contributed by atoms with Gasteiger partial charge in [-0.2, -0.15) is 0 Å². The molecule has 88 valence electrons. The van der Waals surface area contributed by atoms with Gasteiger partial charge < -0.3 is 11.1 Å². The Bertz CT molecular complexity index is 335. The molecule has 0 aliphatic heterocycles. The molecule has 1 unspecified atom stereocenters. The summed E-state index contributed by atoms with van der Waals surface area (Å²) in [4.78, 5) is 15.8. The Balaban J connectivity index is 1.71. The predicted octanol–water partition coefficient (Wildman–Crippen LogP) is 0.929. The fraction of sp³-hybridized carbons (Fsp3) is 0.636. The van der Waals surface area contributed by atoms with Crippen LogP contribution in [0.15, 0.2) is 10.9 Å². The van der Waals surface area contributed by atoms with E-state index in [-0.39, 0.29) is 11.9 Å². The van der Waals surface area contributed by atoms with Crippen molar-refractivity contribution in [1.82, 2.24) is 10.3 Å². The normalized spacial score (nSPS) is 17.1. The summed E-state index contributed by atoms with van der Waals surface area (Å²) in [5, 5.41) is 4.98. The molecule has 1 saturated carbocycles. The average molecular weight is 239 g/mol. The van der Waals surface area contributed by atoms with Gasteiger partial charge in [-0.05, 0) is 25.2 Å². The number of aryl methyl sites for hydroxylation is 1. The van der Waals surface area contributed by atoms with Gasteiger partial charge in [0.2, 0.25) is 5.91 Å². The molecule has 1 fully saturated rings. The van der Waals surface area contributed by atoms with Crippen LogP contribution in [0, 0.1) is 5.92 Å². The van der Waals surface area contributed by atoms with Crippen LogP contribution in [0.3, 0.4) is 0 Å². The van der Waals surface area contributed by atoms with E-state index in [2.05, 4.69) is 10.3 Å². The van der Waals surface area contributed by atoms with Crippen LogP contribution in [0.2, 0.25) is 0 Å². The van der Waals surface area contributed by atoms with E-state index >= 15 is 0 Å². The number of hydrogen-bond acceptors (Lipinski definition) is 4. The van der Waals surface area contributed by atoms with Gasteiger partial charge in [0.1, 0.15) is 0 Å². The molecule has 1 heterocycles. The van der Waals surface area contributed by atoms with E-state index in [1.807, 2.05) is 5.38 Å². The Hall–Kier alpha value is -0.940. The van der Waals surface area contributed by atoms with Crippen molar-refractivity contribution in [2.24, 2.45) is 11.7 Å². The van der Waals surface area contributed by atoms with Crippen molar-refractivity contribution in [3.63, 3.8) is 0 Å². The van der Waals surface area contributed by atoms with Crippen LogP contribution in [-0.2, 0) is 11.2 Å². The molecule has 1 aliphatic rings. The molecule has 1 aliphatic carbocycles. The molecule has 1 amide bonds. The van der Waals surface area contributed by atoms with Crippen molar-refractivity contribution in [2.75, 3.05) is 6.54 Å². The van der Waals surface area contributed by atoms with Crippen LogP contribution >= 0.6 is 11.3 Å². The summed E-state index contributed by atoms with van der Waals surface area (Å²) in [6.45, 7) is 0.549. The van der Waals surface area contributed by atoms with Crippen molar-refractivity contribution in [1.29, 1.82) is 0 Å². The number of nitrogens with zero attached hydrogens (tertiary/aromatic N) is 1. The number of thiazole rings is 1. The van der Waals surface area contributed by atoms with Crippen LogP contribution in [0.5, 0.6) is 0 Å². The molecule has 0 bridgehead atoms. The van der Waals surface area contributed by atoms with Gasteiger partial charge in [-0.15, -0.1) is 11.3 Å². The van der Waals surface area contributed by atoms with Crippen LogP contribution in [-0.4, -0.2) is 23.5 Å². The summed E-state index contributed by atoms with van der Waals surface area (Å²) < 4.78 is 0. The van der Waals surface area contributed by atoms with Crippen LogP contribution < -0.4 is 11.1 Å². The number of nitrogens with one attached hydrogen (secondary N) is 1. The van der Waals surface area contributed by atoms with Gasteiger partial charge in [-0.1, -0.05) is 0 Å². The molecule has 0 aromatic carbocycles. The maximum absolute atomic E-state index is 11.6. The molecular formula is C11H17N3OS. The molecule has 2 rings (SSSR count). The summed E-state index contributed by atoms with van der Waals surface area (Å²) in [5.41, 5.74) is 8.42. The lowest BCUT2D eigenvalue weighted by Crippen LogP contribution is -2.41. The third-order valence-corrected chi connectivity index (χ3v) is 3.52. The zero-order valence-electron chi connectivity index (χ0n) is 9.19. The molecule has 3 N–H and O–H groups in total. The summed E-state index contributed by atoms with van der Waals surface area (Å²) >= 11 is 1.56. The summed E-state index contributed by atoms with van der Waals surface area (Å²) in [6.07, 6.45) is 3.63. The van der Waals surface area contributed by atoms with Crippen LogP contribution in [0.25, 0.3) is 0 Å². The lowest BCUT2D eigenvalue weighted by atomic mass is 10.1. The highest BCUT2D eigenvalue weighted by Gasteiger charge is 2.30. The Morgan fingerprint density at radius 2 is 2.50 bits per heavy atom. The highest BCUT2D eigenvalue weighted by atomic mass is 32.1. The van der Waals surface area contributed by atoms with Gasteiger partial charge in [0, 0.05) is 24.4 Å². The maximum atomic E-state index is 11.6. The zero-order valence-corrected chi connectivity index (χ0v) is 10.0. The minimum Gasteiger partial charge on any atom is -0.352 e. The van der Waals surface area contributed by atoms with Gasteiger partial charge in [0.05, 0.1) is 11.2 Å². The first-order valence-electron chi connectivity index (χ1n) is 5.66. The molecule has 0 radical (unpaired) electrons. The second kappa shape index (κ2) is 5.41. The third kappa shape index (κ3) is 3.28. The van der Waals surface area contributed by atoms with Gasteiger partial charge in [0.25, 0.3) is 0 Å². The van der Waals surface area contributed by atoms with E-state index in [1.165, 1.54) is 12.8 Å². The number of amides is 1. The highest BCUT2D eigenvalue weighted by Crippen LogP contribution is 2.32. The van der Waals surface area contributed by atoms with E-state index in [0.29, 0.717) is 18.9 Å². The first kappa shape index (κ1) is 11.5.